The van der Waals surface area contributed by atoms with Crippen LogP contribution in [0.3, 0.4) is 0 Å². The van der Waals surface area contributed by atoms with Crippen LogP contribution < -0.4 is 4.72 Å². The van der Waals surface area contributed by atoms with E-state index in [1.807, 2.05) is 6.26 Å². The molecule has 0 aliphatic heterocycles. The van der Waals surface area contributed by atoms with Crippen LogP contribution in [0.1, 0.15) is 19.8 Å². The number of hydrogen-bond donors (Lipinski definition) is 2. The molecule has 0 heterocycles. The average molecular weight is 389 g/mol. The van der Waals surface area contributed by atoms with Gasteiger partial charge in [0.1, 0.15) is 6.04 Å². The van der Waals surface area contributed by atoms with Gasteiger partial charge in [-0.1, -0.05) is 18.2 Å². The van der Waals surface area contributed by atoms with E-state index in [0.29, 0.717) is 18.7 Å². The Kier molecular flexibility index (Phi) is 8.95. The molecule has 0 radical (unpaired) electrons. The molecule has 7 nitrogen and oxygen atoms in total. The minimum atomic E-state index is -3.83. The van der Waals surface area contributed by atoms with Crippen molar-refractivity contribution in [3.63, 3.8) is 0 Å². The summed E-state index contributed by atoms with van der Waals surface area (Å²) in [6.45, 7) is 2.10. The number of carboxylic acids is 1. The van der Waals surface area contributed by atoms with Crippen LogP contribution in [0.4, 0.5) is 0 Å². The number of aliphatic carboxylic acids is 1. The van der Waals surface area contributed by atoms with Crippen LogP contribution in [0.25, 0.3) is 0 Å². The van der Waals surface area contributed by atoms with Crippen LogP contribution in [-0.2, 0) is 19.6 Å². The fraction of sp³-hybridized carbons (Fsp3) is 0.500. The number of sulfonamides is 1. The summed E-state index contributed by atoms with van der Waals surface area (Å²) >= 11 is 1.51. The standard InChI is InChI=1S/C16H24N2O5S2/c1-3-18(11-9-15(19)20)16(21)14(10-12-24-2)17-25(22,23)13-7-5-4-6-8-13/h4-8,14,17H,3,9-12H2,1-2H3,(H,19,20). The van der Waals surface area contributed by atoms with Crippen molar-refractivity contribution in [3.05, 3.63) is 30.3 Å². The van der Waals surface area contributed by atoms with Gasteiger partial charge in [0, 0.05) is 13.1 Å². The van der Waals surface area contributed by atoms with E-state index in [0.717, 1.165) is 0 Å². The van der Waals surface area contributed by atoms with Crippen molar-refractivity contribution in [2.75, 3.05) is 25.1 Å². The van der Waals surface area contributed by atoms with E-state index < -0.39 is 27.9 Å². The lowest BCUT2D eigenvalue weighted by atomic mass is 10.2. The maximum Gasteiger partial charge on any atom is 0.305 e. The quantitative estimate of drug-likeness (QED) is 0.594. The summed E-state index contributed by atoms with van der Waals surface area (Å²) in [5.41, 5.74) is 0. The summed E-state index contributed by atoms with van der Waals surface area (Å²) in [7, 11) is -3.83. The van der Waals surface area contributed by atoms with Gasteiger partial charge in [-0.3, -0.25) is 9.59 Å². The SMILES string of the molecule is CCN(CCC(=O)O)C(=O)C(CCSC)NS(=O)(=O)c1ccccc1. The third-order valence-electron chi connectivity index (χ3n) is 3.55. The molecule has 0 bridgehead atoms. The van der Waals surface area contributed by atoms with Gasteiger partial charge in [0.15, 0.2) is 0 Å². The molecule has 1 aromatic rings. The largest absolute Gasteiger partial charge is 0.481 e. The molecule has 1 aromatic carbocycles. The molecule has 140 valence electrons. The number of nitrogens with zero attached hydrogens (tertiary/aromatic N) is 1. The number of likely N-dealkylation sites (N-methyl/N-ethyl adjacent to an activating group) is 1. The van der Waals surface area contributed by atoms with E-state index in [-0.39, 0.29) is 17.9 Å². The number of carboxylic acid groups (broad SMARTS) is 1. The topological polar surface area (TPSA) is 104 Å². The molecule has 0 aromatic heterocycles. The lowest BCUT2D eigenvalue weighted by Gasteiger charge is -2.26. The van der Waals surface area contributed by atoms with Crippen molar-refractivity contribution >= 4 is 33.7 Å². The van der Waals surface area contributed by atoms with Gasteiger partial charge >= 0.3 is 5.97 Å². The molecule has 1 atom stereocenters. The number of amides is 1. The first-order valence-electron chi connectivity index (χ1n) is 7.88. The summed E-state index contributed by atoms with van der Waals surface area (Å²) in [5, 5.41) is 8.80. The number of benzene rings is 1. The maximum absolute atomic E-state index is 12.7. The first kappa shape index (κ1) is 21.5. The van der Waals surface area contributed by atoms with Crippen molar-refractivity contribution in [2.24, 2.45) is 0 Å². The zero-order valence-corrected chi connectivity index (χ0v) is 16.0. The normalized spacial score (nSPS) is 12.6. The van der Waals surface area contributed by atoms with Crippen molar-refractivity contribution in [3.8, 4) is 0 Å². The third kappa shape index (κ3) is 7.05. The van der Waals surface area contributed by atoms with E-state index in [9.17, 15) is 18.0 Å². The lowest BCUT2D eigenvalue weighted by Crippen LogP contribution is -2.49. The first-order valence-corrected chi connectivity index (χ1v) is 10.8. The molecule has 0 aliphatic rings. The Morgan fingerprint density at radius 1 is 1.28 bits per heavy atom. The van der Waals surface area contributed by atoms with Crippen LogP contribution in [0.15, 0.2) is 35.2 Å². The molecule has 25 heavy (non-hydrogen) atoms. The molecule has 0 saturated heterocycles. The minimum Gasteiger partial charge on any atom is -0.481 e. The van der Waals surface area contributed by atoms with E-state index in [1.54, 1.807) is 25.1 Å². The van der Waals surface area contributed by atoms with E-state index in [2.05, 4.69) is 4.72 Å². The fourth-order valence-electron chi connectivity index (χ4n) is 2.20. The molecular weight excluding hydrogens is 364 g/mol. The predicted molar refractivity (Wildman–Crippen MR) is 98.1 cm³/mol. The molecule has 1 unspecified atom stereocenters. The number of carbonyl (C=O) groups is 2. The highest BCUT2D eigenvalue weighted by molar-refractivity contribution is 7.98. The van der Waals surface area contributed by atoms with E-state index in [4.69, 9.17) is 5.11 Å². The third-order valence-corrected chi connectivity index (χ3v) is 5.68. The Morgan fingerprint density at radius 2 is 1.92 bits per heavy atom. The summed E-state index contributed by atoms with van der Waals surface area (Å²) in [4.78, 5) is 24.9. The molecule has 1 rings (SSSR count). The Labute approximate surface area is 152 Å². The Bertz CT molecular complexity index is 664. The summed E-state index contributed by atoms with van der Waals surface area (Å²) < 4.78 is 27.5. The van der Waals surface area contributed by atoms with Crippen LogP contribution in [0.2, 0.25) is 0 Å². The number of thioether (sulfide) groups is 1. The van der Waals surface area contributed by atoms with Crippen LogP contribution in [0.5, 0.6) is 0 Å². The minimum absolute atomic E-state index is 0.0491. The van der Waals surface area contributed by atoms with Gasteiger partial charge in [-0.15, -0.1) is 0 Å². The van der Waals surface area contributed by atoms with Crippen molar-refractivity contribution < 1.29 is 23.1 Å². The van der Waals surface area contributed by atoms with Gasteiger partial charge in [-0.2, -0.15) is 16.5 Å². The van der Waals surface area contributed by atoms with Crippen LogP contribution >= 0.6 is 11.8 Å². The molecule has 0 saturated carbocycles. The van der Waals surface area contributed by atoms with E-state index >= 15 is 0 Å². The van der Waals surface area contributed by atoms with Gasteiger partial charge in [-0.05, 0) is 37.5 Å². The van der Waals surface area contributed by atoms with Crippen LogP contribution in [0, 0.1) is 0 Å². The van der Waals surface area contributed by atoms with Gasteiger partial charge in [-0.25, -0.2) is 8.42 Å². The number of rotatable bonds is 11. The molecule has 0 spiro atoms. The highest BCUT2D eigenvalue weighted by atomic mass is 32.2. The zero-order chi connectivity index (χ0) is 18.9. The molecule has 2 N–H and O–H groups in total. The Hall–Kier alpha value is -1.58. The highest BCUT2D eigenvalue weighted by Crippen LogP contribution is 2.12. The second-order valence-electron chi connectivity index (χ2n) is 5.33. The number of nitrogens with one attached hydrogen (secondary N) is 1. The molecule has 0 fully saturated rings. The van der Waals surface area contributed by atoms with Gasteiger partial charge < -0.3 is 10.0 Å². The summed E-state index contributed by atoms with van der Waals surface area (Å²) in [6.07, 6.45) is 2.02. The predicted octanol–water partition coefficient (Wildman–Crippen LogP) is 1.41. The van der Waals surface area contributed by atoms with E-state index in [1.165, 1.54) is 28.8 Å². The monoisotopic (exact) mass is 388 g/mol. The Morgan fingerprint density at radius 3 is 2.44 bits per heavy atom. The molecule has 0 aliphatic carbocycles. The smallest absolute Gasteiger partial charge is 0.305 e. The van der Waals surface area contributed by atoms with Crippen molar-refractivity contribution in [2.45, 2.75) is 30.7 Å². The fourth-order valence-corrected chi connectivity index (χ4v) is 3.91. The Balaban J connectivity index is 2.95. The summed E-state index contributed by atoms with van der Waals surface area (Å²) in [6, 6.07) is 6.92. The zero-order valence-electron chi connectivity index (χ0n) is 14.3. The highest BCUT2D eigenvalue weighted by Gasteiger charge is 2.28. The van der Waals surface area contributed by atoms with Gasteiger partial charge in [0.25, 0.3) is 0 Å². The lowest BCUT2D eigenvalue weighted by molar-refractivity contribution is -0.138. The van der Waals surface area contributed by atoms with Gasteiger partial charge in [0.2, 0.25) is 15.9 Å². The average Bonchev–Trinajstić information content (AvgIpc) is 2.59. The molecule has 9 heteroatoms. The number of hydrogen-bond acceptors (Lipinski definition) is 5. The maximum atomic E-state index is 12.7. The summed E-state index contributed by atoms with van der Waals surface area (Å²) in [5.74, 6) is -0.807. The van der Waals surface area contributed by atoms with Crippen molar-refractivity contribution in [1.82, 2.24) is 9.62 Å². The second-order valence-corrected chi connectivity index (χ2v) is 8.03. The molecule has 1 amide bonds. The number of carbonyl (C=O) groups excluding carboxylic acids is 1. The first-order chi connectivity index (χ1) is 11.8. The second kappa shape index (κ2) is 10.4. The van der Waals surface area contributed by atoms with Gasteiger partial charge in [0.05, 0.1) is 11.3 Å². The molecular formula is C16H24N2O5S2. The van der Waals surface area contributed by atoms with Crippen LogP contribution in [-0.4, -0.2) is 61.4 Å². The van der Waals surface area contributed by atoms with Crippen molar-refractivity contribution in [1.29, 1.82) is 0 Å².